The van der Waals surface area contributed by atoms with E-state index in [-0.39, 0.29) is 0 Å². The number of aliphatic carboxylic acids is 1. The van der Waals surface area contributed by atoms with Crippen LogP contribution in [0.1, 0.15) is 25.8 Å². The highest BCUT2D eigenvalue weighted by Crippen LogP contribution is 2.18. The molecule has 0 aliphatic rings. The van der Waals surface area contributed by atoms with E-state index >= 15 is 0 Å². The molecule has 4 nitrogen and oxygen atoms in total. The lowest BCUT2D eigenvalue weighted by atomic mass is 10.0. The van der Waals surface area contributed by atoms with Crippen LogP contribution >= 0.6 is 0 Å². The summed E-state index contributed by atoms with van der Waals surface area (Å²) in [5, 5.41) is 12.3. The number of nitrogens with one attached hydrogen (secondary N) is 1. The lowest BCUT2D eigenvalue weighted by Gasteiger charge is -2.17. The molecule has 0 fully saturated rings. The van der Waals surface area contributed by atoms with Gasteiger partial charge in [-0.15, -0.1) is 0 Å². The van der Waals surface area contributed by atoms with Crippen LogP contribution in [0.25, 0.3) is 0 Å². The first-order chi connectivity index (χ1) is 9.54. The lowest BCUT2D eigenvalue weighted by molar-refractivity contribution is -0.140. The number of carboxylic acid groups (broad SMARTS) is 1. The number of para-hydroxylation sites is 1. The Hall–Kier alpha value is -1.81. The summed E-state index contributed by atoms with van der Waals surface area (Å²) in [6.07, 6.45) is 2.29. The first-order valence-corrected chi connectivity index (χ1v) is 6.82. The molecule has 20 heavy (non-hydrogen) atoms. The van der Waals surface area contributed by atoms with Gasteiger partial charge in [0.15, 0.2) is 0 Å². The average Bonchev–Trinajstić information content (AvgIpc) is 2.41. The van der Waals surface area contributed by atoms with Crippen LogP contribution in [0, 0.1) is 5.92 Å². The largest absolute Gasteiger partial charge is 0.489 e. The van der Waals surface area contributed by atoms with Gasteiger partial charge in [0.25, 0.3) is 0 Å². The molecule has 0 aromatic heterocycles. The quantitative estimate of drug-likeness (QED) is 0.681. The third-order valence-electron chi connectivity index (χ3n) is 2.87. The SMILES string of the molecule is C=CCOc1ccccc1CNC(CC(C)C)C(=O)O. The van der Waals surface area contributed by atoms with E-state index in [1.54, 1.807) is 6.08 Å². The van der Waals surface area contributed by atoms with Gasteiger partial charge in [0.05, 0.1) is 0 Å². The van der Waals surface area contributed by atoms with Gasteiger partial charge in [-0.25, -0.2) is 0 Å². The van der Waals surface area contributed by atoms with E-state index in [1.807, 2.05) is 38.1 Å². The number of carbonyl (C=O) groups is 1. The van der Waals surface area contributed by atoms with Crippen molar-refractivity contribution in [1.82, 2.24) is 5.32 Å². The molecule has 1 atom stereocenters. The molecule has 1 unspecified atom stereocenters. The molecule has 1 aromatic rings. The van der Waals surface area contributed by atoms with Crippen molar-refractivity contribution in [3.05, 3.63) is 42.5 Å². The van der Waals surface area contributed by atoms with Crippen molar-refractivity contribution in [3.8, 4) is 5.75 Å². The number of hydrogen-bond acceptors (Lipinski definition) is 3. The standard InChI is InChI=1S/C16H23NO3/c1-4-9-20-15-8-6-5-7-13(15)11-17-14(16(18)19)10-12(2)3/h4-8,12,14,17H,1,9-11H2,2-3H3,(H,18,19). The van der Waals surface area contributed by atoms with Crippen LogP contribution in [0.3, 0.4) is 0 Å². The van der Waals surface area contributed by atoms with E-state index in [9.17, 15) is 9.90 Å². The Kier molecular flexibility index (Phi) is 6.81. The van der Waals surface area contributed by atoms with Gasteiger partial charge < -0.3 is 15.2 Å². The van der Waals surface area contributed by atoms with Crippen molar-refractivity contribution < 1.29 is 14.6 Å². The zero-order valence-corrected chi connectivity index (χ0v) is 12.1. The van der Waals surface area contributed by atoms with Crippen LogP contribution in [-0.2, 0) is 11.3 Å². The molecular weight excluding hydrogens is 254 g/mol. The molecule has 1 rings (SSSR count). The highest BCUT2D eigenvalue weighted by atomic mass is 16.5. The fourth-order valence-electron chi connectivity index (χ4n) is 1.92. The van der Waals surface area contributed by atoms with Crippen molar-refractivity contribution in [2.45, 2.75) is 32.9 Å². The predicted molar refractivity (Wildman–Crippen MR) is 79.9 cm³/mol. The monoisotopic (exact) mass is 277 g/mol. The van der Waals surface area contributed by atoms with Gasteiger partial charge in [0, 0.05) is 12.1 Å². The molecule has 0 bridgehead atoms. The summed E-state index contributed by atoms with van der Waals surface area (Å²) in [4.78, 5) is 11.2. The molecule has 0 spiro atoms. The molecule has 0 aliphatic carbocycles. The minimum absolute atomic E-state index is 0.329. The number of rotatable bonds is 9. The van der Waals surface area contributed by atoms with Crippen LogP contribution in [0.5, 0.6) is 5.75 Å². The Morgan fingerprint density at radius 2 is 2.15 bits per heavy atom. The molecule has 0 radical (unpaired) electrons. The second kappa shape index (κ2) is 8.38. The first kappa shape index (κ1) is 16.2. The Morgan fingerprint density at radius 3 is 2.75 bits per heavy atom. The molecule has 0 saturated heterocycles. The molecule has 0 saturated carbocycles. The van der Waals surface area contributed by atoms with E-state index in [4.69, 9.17) is 4.74 Å². The molecule has 4 heteroatoms. The van der Waals surface area contributed by atoms with Crippen LogP contribution in [0.4, 0.5) is 0 Å². The van der Waals surface area contributed by atoms with Gasteiger partial charge in [-0.3, -0.25) is 4.79 Å². The summed E-state index contributed by atoms with van der Waals surface area (Å²) in [5.74, 6) is 0.271. The third kappa shape index (κ3) is 5.45. The van der Waals surface area contributed by atoms with Crippen molar-refractivity contribution >= 4 is 5.97 Å². The topological polar surface area (TPSA) is 58.6 Å². The van der Waals surface area contributed by atoms with E-state index in [1.165, 1.54) is 0 Å². The van der Waals surface area contributed by atoms with E-state index in [0.717, 1.165) is 11.3 Å². The molecule has 0 amide bonds. The maximum Gasteiger partial charge on any atom is 0.320 e. The first-order valence-electron chi connectivity index (χ1n) is 6.82. The number of hydrogen-bond donors (Lipinski definition) is 2. The predicted octanol–water partition coefficient (Wildman–Crippen LogP) is 2.84. The van der Waals surface area contributed by atoms with Crippen molar-refractivity contribution in [3.63, 3.8) is 0 Å². The second-order valence-electron chi connectivity index (χ2n) is 5.11. The van der Waals surface area contributed by atoms with E-state index in [2.05, 4.69) is 11.9 Å². The lowest BCUT2D eigenvalue weighted by Crippen LogP contribution is -2.37. The zero-order valence-electron chi connectivity index (χ0n) is 12.1. The summed E-state index contributed by atoms with van der Waals surface area (Å²) in [7, 11) is 0. The van der Waals surface area contributed by atoms with Gasteiger partial charge in [-0.05, 0) is 18.4 Å². The zero-order chi connectivity index (χ0) is 15.0. The van der Waals surface area contributed by atoms with Crippen LogP contribution in [0.2, 0.25) is 0 Å². The fourth-order valence-corrected chi connectivity index (χ4v) is 1.92. The van der Waals surface area contributed by atoms with Gasteiger partial charge >= 0.3 is 5.97 Å². The van der Waals surface area contributed by atoms with Gasteiger partial charge in [-0.1, -0.05) is 44.7 Å². The van der Waals surface area contributed by atoms with Crippen molar-refractivity contribution in [2.24, 2.45) is 5.92 Å². The van der Waals surface area contributed by atoms with Crippen LogP contribution in [-0.4, -0.2) is 23.7 Å². The maximum absolute atomic E-state index is 11.2. The van der Waals surface area contributed by atoms with Crippen molar-refractivity contribution in [2.75, 3.05) is 6.61 Å². The number of benzene rings is 1. The maximum atomic E-state index is 11.2. The molecule has 0 heterocycles. The Labute approximate surface area is 120 Å². The summed E-state index contributed by atoms with van der Waals surface area (Å²) < 4.78 is 5.55. The van der Waals surface area contributed by atoms with Crippen molar-refractivity contribution in [1.29, 1.82) is 0 Å². The Morgan fingerprint density at radius 1 is 1.45 bits per heavy atom. The highest BCUT2D eigenvalue weighted by molar-refractivity contribution is 5.73. The molecular formula is C16H23NO3. The normalized spacial score (nSPS) is 12.2. The molecule has 1 aromatic carbocycles. The van der Waals surface area contributed by atoms with Crippen LogP contribution in [0.15, 0.2) is 36.9 Å². The molecule has 110 valence electrons. The van der Waals surface area contributed by atoms with E-state index in [0.29, 0.717) is 25.5 Å². The number of carboxylic acids is 1. The van der Waals surface area contributed by atoms with Crippen LogP contribution < -0.4 is 10.1 Å². The molecule has 2 N–H and O–H groups in total. The van der Waals surface area contributed by atoms with Gasteiger partial charge in [0.2, 0.25) is 0 Å². The summed E-state index contributed by atoms with van der Waals surface area (Å²) in [6.45, 7) is 8.55. The van der Waals surface area contributed by atoms with Gasteiger partial charge in [0.1, 0.15) is 18.4 Å². The third-order valence-corrected chi connectivity index (χ3v) is 2.87. The smallest absolute Gasteiger partial charge is 0.320 e. The van der Waals surface area contributed by atoms with Gasteiger partial charge in [-0.2, -0.15) is 0 Å². The Bertz CT molecular complexity index is 443. The number of ether oxygens (including phenoxy) is 1. The van der Waals surface area contributed by atoms with E-state index < -0.39 is 12.0 Å². The summed E-state index contributed by atoms with van der Waals surface area (Å²) >= 11 is 0. The minimum Gasteiger partial charge on any atom is -0.489 e. The summed E-state index contributed by atoms with van der Waals surface area (Å²) in [6, 6.07) is 7.07. The fraction of sp³-hybridized carbons (Fsp3) is 0.438. The second-order valence-corrected chi connectivity index (χ2v) is 5.11. The highest BCUT2D eigenvalue weighted by Gasteiger charge is 2.18. The Balaban J connectivity index is 2.67. The average molecular weight is 277 g/mol. The molecule has 0 aliphatic heterocycles. The minimum atomic E-state index is -0.816. The summed E-state index contributed by atoms with van der Waals surface area (Å²) in [5.41, 5.74) is 0.948.